The number of hydrogen-bond donors (Lipinski definition) is 2. The molecule has 1 aromatic carbocycles. The maximum absolute atomic E-state index is 9.10. The second-order valence-electron chi connectivity index (χ2n) is 6.16. The summed E-state index contributed by atoms with van der Waals surface area (Å²) in [5.41, 5.74) is 1.28. The third kappa shape index (κ3) is 9.72. The van der Waals surface area contributed by atoms with Gasteiger partial charge in [-0.05, 0) is 56.6 Å². The standard InChI is InChI=1S/C10H21N.C7H6O.C2H2O4/c1-2-3-5-8-11-9-6-4-7-10-11;1-2-6-4-7(3-1)8-5-6;3-1(4)2(5)6/h2-10H2,1H3;1-4H,5H2;(H,3,4)(H,5,6). The topological polar surface area (TPSA) is 87.1 Å². The van der Waals surface area contributed by atoms with Gasteiger partial charge < -0.3 is 19.8 Å². The fourth-order valence-corrected chi connectivity index (χ4v) is 2.66. The fourth-order valence-electron chi connectivity index (χ4n) is 2.66. The Morgan fingerprint density at radius 1 is 1.08 bits per heavy atom. The van der Waals surface area contributed by atoms with Crippen LogP contribution in [-0.2, 0) is 16.2 Å². The maximum Gasteiger partial charge on any atom is 0.414 e. The molecular weight excluding hydrogens is 322 g/mol. The average Bonchev–Trinajstić information content (AvgIpc) is 2.95. The first-order valence-corrected chi connectivity index (χ1v) is 8.93. The van der Waals surface area contributed by atoms with Crippen molar-refractivity contribution in [2.24, 2.45) is 0 Å². The van der Waals surface area contributed by atoms with Crippen molar-refractivity contribution in [2.75, 3.05) is 19.6 Å². The van der Waals surface area contributed by atoms with Crippen molar-refractivity contribution in [3.63, 3.8) is 0 Å². The first-order chi connectivity index (χ1) is 12.0. The van der Waals surface area contributed by atoms with E-state index >= 15 is 0 Å². The average molecular weight is 351 g/mol. The number of carboxylic acids is 2. The molecule has 6 nitrogen and oxygen atoms in total. The SMILES string of the molecule is CCCCCN1CCCCC1.O=C(O)C(=O)O.c1cc2cc(c1)OC2. The van der Waals surface area contributed by atoms with Crippen LogP contribution in [0.1, 0.15) is 51.0 Å². The second-order valence-corrected chi connectivity index (χ2v) is 6.16. The monoisotopic (exact) mass is 351 g/mol. The molecule has 3 rings (SSSR count). The number of rotatable bonds is 4. The predicted octanol–water partition coefficient (Wildman–Crippen LogP) is 3.40. The first kappa shape index (κ1) is 21.0. The van der Waals surface area contributed by atoms with Gasteiger partial charge >= 0.3 is 11.9 Å². The molecule has 0 aromatic heterocycles. The van der Waals surface area contributed by atoms with Gasteiger partial charge in [0.25, 0.3) is 0 Å². The molecular formula is C19H29NO5. The van der Waals surface area contributed by atoms with E-state index in [4.69, 9.17) is 24.5 Å². The number of unbranched alkanes of at least 4 members (excludes halogenated alkanes) is 2. The van der Waals surface area contributed by atoms with Crippen molar-refractivity contribution in [3.05, 3.63) is 29.8 Å². The molecule has 1 fully saturated rings. The smallest absolute Gasteiger partial charge is 0.414 e. The number of ether oxygens (including phenoxy) is 1. The van der Waals surface area contributed by atoms with Gasteiger partial charge in [0.1, 0.15) is 12.4 Å². The van der Waals surface area contributed by atoms with Crippen LogP contribution in [0.3, 0.4) is 0 Å². The molecule has 2 heterocycles. The number of benzene rings is 1. The van der Waals surface area contributed by atoms with Gasteiger partial charge in [-0.1, -0.05) is 38.3 Å². The van der Waals surface area contributed by atoms with E-state index in [2.05, 4.69) is 24.0 Å². The molecule has 0 saturated carbocycles. The van der Waals surface area contributed by atoms with E-state index in [-0.39, 0.29) is 0 Å². The van der Waals surface area contributed by atoms with Crippen molar-refractivity contribution < 1.29 is 24.5 Å². The summed E-state index contributed by atoms with van der Waals surface area (Å²) in [6, 6.07) is 8.10. The predicted molar refractivity (Wildman–Crippen MR) is 95.9 cm³/mol. The number of hydrogen-bond acceptors (Lipinski definition) is 4. The molecule has 2 bridgehead atoms. The van der Waals surface area contributed by atoms with Crippen molar-refractivity contribution in [1.82, 2.24) is 4.90 Å². The van der Waals surface area contributed by atoms with Crippen molar-refractivity contribution >= 4 is 11.9 Å². The Bertz CT molecular complexity index is 495. The largest absolute Gasteiger partial charge is 0.489 e. The van der Waals surface area contributed by atoms with Crippen LogP contribution in [0.5, 0.6) is 5.75 Å². The highest BCUT2D eigenvalue weighted by atomic mass is 16.5. The minimum atomic E-state index is -1.82. The lowest BCUT2D eigenvalue weighted by molar-refractivity contribution is -0.159. The maximum atomic E-state index is 9.10. The van der Waals surface area contributed by atoms with Gasteiger partial charge in [0, 0.05) is 0 Å². The number of fused-ring (bicyclic) bond motifs is 2. The van der Waals surface area contributed by atoms with Crippen LogP contribution < -0.4 is 4.74 Å². The van der Waals surface area contributed by atoms with Gasteiger partial charge in [-0.15, -0.1) is 0 Å². The summed E-state index contributed by atoms with van der Waals surface area (Å²) >= 11 is 0. The lowest BCUT2D eigenvalue weighted by atomic mass is 10.1. The highest BCUT2D eigenvalue weighted by Crippen LogP contribution is 2.20. The molecule has 0 unspecified atom stereocenters. The molecule has 140 valence electrons. The third-order valence-corrected chi connectivity index (χ3v) is 4.01. The molecule has 2 aliphatic heterocycles. The Balaban J connectivity index is 0.000000197. The van der Waals surface area contributed by atoms with E-state index < -0.39 is 11.9 Å². The molecule has 0 spiro atoms. The quantitative estimate of drug-likeness (QED) is 0.639. The zero-order valence-electron chi connectivity index (χ0n) is 14.9. The van der Waals surface area contributed by atoms with Crippen LogP contribution in [0, 0.1) is 0 Å². The first-order valence-electron chi connectivity index (χ1n) is 8.93. The normalized spacial score (nSPS) is 15.1. The van der Waals surface area contributed by atoms with Crippen LogP contribution in [0.4, 0.5) is 0 Å². The van der Waals surface area contributed by atoms with E-state index in [1.807, 2.05) is 12.1 Å². The summed E-state index contributed by atoms with van der Waals surface area (Å²) in [7, 11) is 0. The van der Waals surface area contributed by atoms with E-state index in [1.54, 1.807) is 0 Å². The molecule has 0 atom stereocenters. The molecule has 2 aliphatic rings. The van der Waals surface area contributed by atoms with Gasteiger partial charge in [0.05, 0.1) is 0 Å². The van der Waals surface area contributed by atoms with Gasteiger partial charge in [-0.2, -0.15) is 0 Å². The zero-order chi connectivity index (χ0) is 18.5. The highest BCUT2D eigenvalue weighted by molar-refractivity contribution is 6.27. The highest BCUT2D eigenvalue weighted by Gasteiger charge is 2.08. The lowest BCUT2D eigenvalue weighted by Gasteiger charge is -2.26. The Morgan fingerprint density at radius 3 is 2.28 bits per heavy atom. The van der Waals surface area contributed by atoms with Crippen molar-refractivity contribution in [1.29, 1.82) is 0 Å². The van der Waals surface area contributed by atoms with Gasteiger partial charge in [-0.3, -0.25) is 0 Å². The number of carboxylic acid groups (broad SMARTS) is 2. The molecule has 0 radical (unpaired) electrons. The molecule has 1 aromatic rings. The summed E-state index contributed by atoms with van der Waals surface area (Å²) in [6.07, 6.45) is 8.52. The van der Waals surface area contributed by atoms with Crippen molar-refractivity contribution in [2.45, 2.75) is 52.1 Å². The second kappa shape index (κ2) is 12.3. The van der Waals surface area contributed by atoms with Gasteiger partial charge in [0.2, 0.25) is 0 Å². The molecule has 0 amide bonds. The molecule has 25 heavy (non-hydrogen) atoms. The summed E-state index contributed by atoms with van der Waals surface area (Å²) < 4.78 is 5.18. The summed E-state index contributed by atoms with van der Waals surface area (Å²) in [5, 5.41) is 14.8. The number of likely N-dealkylation sites (tertiary alicyclic amines) is 1. The van der Waals surface area contributed by atoms with E-state index in [1.165, 1.54) is 63.7 Å². The summed E-state index contributed by atoms with van der Waals surface area (Å²) in [5.74, 6) is -2.65. The lowest BCUT2D eigenvalue weighted by Crippen LogP contribution is -2.30. The van der Waals surface area contributed by atoms with Crippen LogP contribution in [0.15, 0.2) is 24.3 Å². The zero-order valence-corrected chi connectivity index (χ0v) is 14.9. The van der Waals surface area contributed by atoms with Crippen LogP contribution in [0.2, 0.25) is 0 Å². The van der Waals surface area contributed by atoms with Gasteiger partial charge in [0.15, 0.2) is 0 Å². The Hall–Kier alpha value is -2.08. The number of nitrogens with zero attached hydrogens (tertiary/aromatic N) is 1. The molecule has 1 saturated heterocycles. The summed E-state index contributed by atoms with van der Waals surface area (Å²) in [6.45, 7) is 7.12. The minimum absolute atomic E-state index is 0.766. The number of piperidine rings is 1. The number of carbonyl (C=O) groups is 2. The Labute approximate surface area is 149 Å². The molecule has 2 N–H and O–H groups in total. The van der Waals surface area contributed by atoms with E-state index in [9.17, 15) is 0 Å². The minimum Gasteiger partial charge on any atom is -0.489 e. The van der Waals surface area contributed by atoms with Crippen molar-refractivity contribution in [3.8, 4) is 5.75 Å². The molecule has 6 heteroatoms. The molecule has 0 aliphatic carbocycles. The summed E-state index contributed by atoms with van der Waals surface area (Å²) in [4.78, 5) is 20.8. The number of aliphatic carboxylic acids is 2. The third-order valence-electron chi connectivity index (χ3n) is 4.01. The Morgan fingerprint density at radius 2 is 1.76 bits per heavy atom. The Kier molecular flexibility index (Phi) is 10.3. The van der Waals surface area contributed by atoms with Crippen LogP contribution in [0.25, 0.3) is 0 Å². The van der Waals surface area contributed by atoms with E-state index in [0.717, 1.165) is 12.4 Å². The fraction of sp³-hybridized carbons (Fsp3) is 0.579. The van der Waals surface area contributed by atoms with Crippen LogP contribution >= 0.6 is 0 Å². The van der Waals surface area contributed by atoms with E-state index in [0.29, 0.717) is 0 Å². The van der Waals surface area contributed by atoms with Crippen LogP contribution in [-0.4, -0.2) is 46.7 Å². The van der Waals surface area contributed by atoms with Gasteiger partial charge in [-0.25, -0.2) is 9.59 Å².